The van der Waals surface area contributed by atoms with Crippen molar-refractivity contribution < 1.29 is 9.53 Å². The highest BCUT2D eigenvalue weighted by Crippen LogP contribution is 2.66. The van der Waals surface area contributed by atoms with E-state index in [1.165, 1.54) is 37.7 Å². The summed E-state index contributed by atoms with van der Waals surface area (Å²) in [5.41, 5.74) is 4.00. The van der Waals surface area contributed by atoms with Crippen LogP contribution in [0.25, 0.3) is 0 Å². The highest BCUT2D eigenvalue weighted by molar-refractivity contribution is 5.66. The van der Waals surface area contributed by atoms with Gasteiger partial charge in [0.2, 0.25) is 0 Å². The average Bonchev–Trinajstić information content (AvgIpc) is 3.05. The van der Waals surface area contributed by atoms with Crippen molar-refractivity contribution in [3.05, 3.63) is 35.5 Å². The zero-order valence-electron chi connectivity index (χ0n) is 20.7. The van der Waals surface area contributed by atoms with Crippen LogP contribution < -0.4 is 0 Å². The van der Waals surface area contributed by atoms with Gasteiger partial charge in [0.15, 0.2) is 0 Å². The van der Waals surface area contributed by atoms with E-state index in [1.54, 1.807) is 12.5 Å². The van der Waals surface area contributed by atoms with Gasteiger partial charge in [-0.1, -0.05) is 70.1 Å². The number of hydrogen-bond acceptors (Lipinski definition) is 2. The predicted molar refractivity (Wildman–Crippen MR) is 128 cm³/mol. The first-order valence-electron chi connectivity index (χ1n) is 12.9. The number of carbonyl (C=O) groups excluding carboxylic acids is 1. The summed E-state index contributed by atoms with van der Waals surface area (Å²) in [4.78, 5) is 11.5. The summed E-state index contributed by atoms with van der Waals surface area (Å²) in [6.07, 6.45) is 19.7. The fourth-order valence-corrected chi connectivity index (χ4v) is 7.91. The third-order valence-electron chi connectivity index (χ3n) is 9.61. The van der Waals surface area contributed by atoms with Crippen LogP contribution >= 0.6 is 0 Å². The van der Waals surface area contributed by atoms with Gasteiger partial charge < -0.3 is 4.74 Å². The second-order valence-electron chi connectivity index (χ2n) is 12.0. The van der Waals surface area contributed by atoms with E-state index in [9.17, 15) is 4.79 Å². The topological polar surface area (TPSA) is 26.3 Å². The molecular formula is C29H44O2. The smallest absolute Gasteiger partial charge is 0.302 e. The number of fused-ring (bicyclic) bond motifs is 5. The number of hydrogen-bond donors (Lipinski definition) is 0. The molecule has 0 unspecified atom stereocenters. The van der Waals surface area contributed by atoms with Crippen molar-refractivity contribution in [3.8, 4) is 0 Å². The molecule has 31 heavy (non-hydrogen) atoms. The largest absolute Gasteiger partial charge is 0.462 e. The molecule has 0 N–H and O–H groups in total. The van der Waals surface area contributed by atoms with E-state index >= 15 is 0 Å². The first-order chi connectivity index (χ1) is 14.6. The lowest BCUT2D eigenvalue weighted by atomic mass is 9.50. The normalized spacial score (nSPS) is 40.6. The van der Waals surface area contributed by atoms with Crippen LogP contribution in [-0.2, 0) is 9.53 Å². The van der Waals surface area contributed by atoms with Gasteiger partial charge >= 0.3 is 5.97 Å². The van der Waals surface area contributed by atoms with Crippen molar-refractivity contribution in [2.75, 3.05) is 0 Å². The Bertz CT molecular complexity index is 787. The third-order valence-corrected chi connectivity index (χ3v) is 9.61. The molecule has 7 atom stereocenters. The van der Waals surface area contributed by atoms with Crippen LogP contribution in [0.5, 0.6) is 0 Å². The zero-order chi connectivity index (χ0) is 22.4. The van der Waals surface area contributed by atoms with E-state index in [0.717, 1.165) is 37.0 Å². The Hall–Kier alpha value is -1.31. The summed E-state index contributed by atoms with van der Waals surface area (Å²) in [5, 5.41) is 0. The molecule has 2 heteroatoms. The Morgan fingerprint density at radius 3 is 2.58 bits per heavy atom. The summed E-state index contributed by atoms with van der Waals surface area (Å²) in [6.45, 7) is 13.7. The summed E-state index contributed by atoms with van der Waals surface area (Å²) in [6, 6.07) is 0. The predicted octanol–water partition coefficient (Wildman–Crippen LogP) is 7.66. The van der Waals surface area contributed by atoms with Crippen molar-refractivity contribution in [3.63, 3.8) is 0 Å². The van der Waals surface area contributed by atoms with Crippen LogP contribution in [0.1, 0.15) is 92.9 Å². The molecule has 4 rings (SSSR count). The van der Waals surface area contributed by atoms with Gasteiger partial charge in [-0.25, -0.2) is 0 Å². The van der Waals surface area contributed by atoms with Gasteiger partial charge in [0.25, 0.3) is 0 Å². The van der Waals surface area contributed by atoms with Gasteiger partial charge in [-0.15, -0.1) is 0 Å². The number of esters is 1. The minimum absolute atomic E-state index is 0.0787. The van der Waals surface area contributed by atoms with Crippen LogP contribution in [0.4, 0.5) is 0 Å². The molecule has 3 saturated carbocycles. The van der Waals surface area contributed by atoms with Crippen LogP contribution in [0, 0.1) is 40.4 Å². The van der Waals surface area contributed by atoms with Crippen molar-refractivity contribution in [1.82, 2.24) is 0 Å². The molecule has 4 aliphatic carbocycles. The summed E-state index contributed by atoms with van der Waals surface area (Å²) < 4.78 is 5.59. The lowest BCUT2D eigenvalue weighted by Gasteiger charge is -2.55. The Labute approximate surface area is 190 Å². The first-order valence-corrected chi connectivity index (χ1v) is 12.9. The van der Waals surface area contributed by atoms with Gasteiger partial charge in [-0.3, -0.25) is 4.79 Å². The van der Waals surface area contributed by atoms with Crippen LogP contribution in [0.3, 0.4) is 0 Å². The minimum Gasteiger partial charge on any atom is -0.462 e. The van der Waals surface area contributed by atoms with Crippen molar-refractivity contribution in [1.29, 1.82) is 0 Å². The fourth-order valence-electron chi connectivity index (χ4n) is 7.91. The highest BCUT2D eigenvalue weighted by atomic mass is 16.5. The summed E-state index contributed by atoms with van der Waals surface area (Å²) in [5.74, 6) is 3.53. The molecule has 0 heterocycles. The summed E-state index contributed by atoms with van der Waals surface area (Å²) in [7, 11) is 0. The van der Waals surface area contributed by atoms with Crippen LogP contribution in [-0.4, -0.2) is 12.1 Å². The Morgan fingerprint density at radius 1 is 1.10 bits per heavy atom. The maximum Gasteiger partial charge on any atom is 0.302 e. The molecule has 0 amide bonds. The van der Waals surface area contributed by atoms with Gasteiger partial charge in [-0.2, -0.15) is 0 Å². The molecule has 4 aliphatic rings. The number of rotatable bonds is 5. The molecule has 0 saturated heterocycles. The monoisotopic (exact) mass is 424 g/mol. The van der Waals surface area contributed by atoms with E-state index in [-0.39, 0.29) is 17.5 Å². The summed E-state index contributed by atoms with van der Waals surface area (Å²) >= 11 is 0. The molecular weight excluding hydrogens is 380 g/mol. The first kappa shape index (κ1) is 22.9. The van der Waals surface area contributed by atoms with Crippen molar-refractivity contribution in [2.45, 2.75) is 99.0 Å². The Kier molecular flexibility index (Phi) is 6.32. The quantitative estimate of drug-likeness (QED) is 0.334. The zero-order valence-corrected chi connectivity index (χ0v) is 20.7. The van der Waals surface area contributed by atoms with Gasteiger partial charge in [0.1, 0.15) is 6.10 Å². The Morgan fingerprint density at radius 2 is 1.87 bits per heavy atom. The van der Waals surface area contributed by atoms with Gasteiger partial charge in [0, 0.05) is 13.3 Å². The Balaban J connectivity index is 1.54. The maximum atomic E-state index is 11.5. The molecule has 0 bridgehead atoms. The van der Waals surface area contributed by atoms with Gasteiger partial charge in [-0.05, 0) is 85.4 Å². The third kappa shape index (κ3) is 4.09. The van der Waals surface area contributed by atoms with Gasteiger partial charge in [0.05, 0.1) is 0 Å². The molecule has 172 valence electrons. The maximum absolute atomic E-state index is 11.5. The minimum atomic E-state index is -0.136. The van der Waals surface area contributed by atoms with E-state index in [4.69, 9.17) is 4.74 Å². The standard InChI is InChI=1S/C29H44O2/c1-19(2)8-7-9-20(3)25-12-13-26-24-11-10-22-18-23(31-21(4)30)14-16-28(22,5)27(24)15-17-29(25,26)6/h7,9-11,19-20,23,25-27H,8,12-18H2,1-6H3/b9-7-/t20-,23+,25-,26-,27-,28+,29-/m1/s1. The highest BCUT2D eigenvalue weighted by Gasteiger charge is 2.56. The SMILES string of the molecule is CC(=O)O[C@H]1CC[C@@]2(C)C(=CC=C3[C@H]4CC[C@H]([C@H](C)/C=C\CC(C)C)[C@@]4(C)CC[C@H]32)C1. The molecule has 0 aromatic heterocycles. The second-order valence-corrected chi connectivity index (χ2v) is 12.0. The molecule has 0 aromatic rings. The number of allylic oxidation sites excluding steroid dienone is 5. The molecule has 0 radical (unpaired) electrons. The van der Waals surface area contributed by atoms with E-state index in [0.29, 0.717) is 17.3 Å². The number of carbonyl (C=O) groups is 1. The molecule has 0 aliphatic heterocycles. The second kappa shape index (κ2) is 8.56. The van der Waals surface area contributed by atoms with Crippen molar-refractivity contribution in [2.24, 2.45) is 40.4 Å². The van der Waals surface area contributed by atoms with E-state index < -0.39 is 0 Å². The molecule has 0 spiro atoms. The average molecular weight is 425 g/mol. The lowest BCUT2D eigenvalue weighted by molar-refractivity contribution is -0.148. The molecule has 0 aromatic carbocycles. The lowest BCUT2D eigenvalue weighted by Crippen LogP contribution is -2.46. The van der Waals surface area contributed by atoms with E-state index in [1.807, 2.05) is 0 Å². The fraction of sp³-hybridized carbons (Fsp3) is 0.759. The molecule has 3 fully saturated rings. The molecule has 2 nitrogen and oxygen atoms in total. The van der Waals surface area contributed by atoms with Crippen LogP contribution in [0.15, 0.2) is 35.5 Å². The van der Waals surface area contributed by atoms with Crippen molar-refractivity contribution >= 4 is 5.97 Å². The number of ether oxygens (including phenoxy) is 1. The van der Waals surface area contributed by atoms with Crippen LogP contribution in [0.2, 0.25) is 0 Å². The van der Waals surface area contributed by atoms with E-state index in [2.05, 4.69) is 58.9 Å².